The van der Waals surface area contributed by atoms with Crippen molar-refractivity contribution in [3.63, 3.8) is 0 Å². The lowest BCUT2D eigenvalue weighted by Gasteiger charge is -2.25. The number of hydrogen-bond acceptors (Lipinski definition) is 11. The summed E-state index contributed by atoms with van der Waals surface area (Å²) in [6.07, 6.45) is 0.281. The van der Waals surface area contributed by atoms with Gasteiger partial charge in [0.25, 0.3) is 0 Å². The molecule has 0 heterocycles. The molecule has 14 N–H and O–H groups in total. The van der Waals surface area contributed by atoms with Crippen LogP contribution in [0.2, 0.25) is 0 Å². The molecular formula is C27H42N8O10. The average molecular weight is 639 g/mol. The first kappa shape index (κ1) is 38.2. The van der Waals surface area contributed by atoms with Crippen LogP contribution >= 0.6 is 0 Å². The van der Waals surface area contributed by atoms with Crippen LogP contribution < -0.4 is 43.8 Å². The summed E-state index contributed by atoms with van der Waals surface area (Å²) < 4.78 is 0. The highest BCUT2D eigenvalue weighted by molar-refractivity contribution is 5.95. The van der Waals surface area contributed by atoms with Crippen molar-refractivity contribution < 1.29 is 48.9 Å². The van der Waals surface area contributed by atoms with Gasteiger partial charge in [0.15, 0.2) is 0 Å². The van der Waals surface area contributed by atoms with E-state index < -0.39 is 85.3 Å². The number of amides is 6. The van der Waals surface area contributed by atoms with Crippen molar-refractivity contribution in [3.05, 3.63) is 29.8 Å². The molecule has 0 unspecified atom stereocenters. The summed E-state index contributed by atoms with van der Waals surface area (Å²) >= 11 is 0. The number of nitrogens with one attached hydrogen (secondary N) is 5. The van der Waals surface area contributed by atoms with Gasteiger partial charge in [-0.05, 0) is 49.9 Å². The number of carboxylic acids is 1. The predicted octanol–water partition coefficient (Wildman–Crippen LogP) is -4.58. The van der Waals surface area contributed by atoms with Crippen molar-refractivity contribution in [3.8, 4) is 5.75 Å². The zero-order valence-corrected chi connectivity index (χ0v) is 24.6. The van der Waals surface area contributed by atoms with E-state index in [1.54, 1.807) is 0 Å². The van der Waals surface area contributed by atoms with Crippen LogP contribution in [0.15, 0.2) is 24.3 Å². The molecule has 18 nitrogen and oxygen atoms in total. The number of aliphatic hydroxyl groups excluding tert-OH is 1. The molecule has 45 heavy (non-hydrogen) atoms. The van der Waals surface area contributed by atoms with E-state index in [0.717, 1.165) is 0 Å². The quantitative estimate of drug-likeness (QED) is 0.0567. The van der Waals surface area contributed by atoms with E-state index in [9.17, 15) is 38.7 Å². The number of carbonyl (C=O) groups is 7. The molecule has 0 saturated carbocycles. The smallest absolute Gasteiger partial charge is 0.322 e. The molecule has 1 aromatic rings. The number of primary amides is 1. The maximum Gasteiger partial charge on any atom is 0.322 e. The molecule has 250 valence electrons. The molecule has 6 amide bonds. The molecule has 4 atom stereocenters. The van der Waals surface area contributed by atoms with Crippen LogP contribution in [-0.2, 0) is 40.0 Å². The van der Waals surface area contributed by atoms with E-state index in [1.165, 1.54) is 24.3 Å². The van der Waals surface area contributed by atoms with Crippen molar-refractivity contribution in [1.82, 2.24) is 26.6 Å². The molecular weight excluding hydrogens is 596 g/mol. The number of phenolic OH excluding ortho intramolecular Hbond substituents is 1. The maximum absolute atomic E-state index is 13.5. The monoisotopic (exact) mass is 638 g/mol. The van der Waals surface area contributed by atoms with Gasteiger partial charge in [-0.2, -0.15) is 0 Å². The average Bonchev–Trinajstić information content (AvgIpc) is 3.00. The number of carbonyl (C=O) groups excluding carboxylic acids is 6. The highest BCUT2D eigenvalue weighted by atomic mass is 16.4. The minimum atomic E-state index is -1.39. The van der Waals surface area contributed by atoms with E-state index in [-0.39, 0.29) is 31.4 Å². The number of carboxylic acid groups (broad SMARTS) is 1. The number of benzene rings is 1. The third-order valence-electron chi connectivity index (χ3n) is 6.29. The Labute approximate surface area is 258 Å². The van der Waals surface area contributed by atoms with Gasteiger partial charge in [-0.3, -0.25) is 33.6 Å². The van der Waals surface area contributed by atoms with Crippen molar-refractivity contribution in [2.75, 3.05) is 26.2 Å². The number of phenols is 1. The minimum absolute atomic E-state index is 0.0554. The van der Waals surface area contributed by atoms with Gasteiger partial charge in [-0.15, -0.1) is 0 Å². The standard InChI is InChI=1S/C27H42N8O10/c28-10-2-1-3-18(33-22(39)12-31-24(42)17(29)14-36)26(44)35-20(11-15-4-6-16(37)7-5-15)27(45)34-19(8-9-21(30)38)25(43)32-13-23(40)41/h4-7,17-20,36-37H,1-3,8-14,28-29H2,(H2,30,38)(H,31,42)(H,32,43)(H,33,39)(H,34,45)(H,35,44)(H,40,41)/t17-,18-,19-,20-/m0/s1. The summed E-state index contributed by atoms with van der Waals surface area (Å²) in [5, 5.41) is 39.3. The summed E-state index contributed by atoms with van der Waals surface area (Å²) in [5.74, 6) is -6.31. The number of unbranched alkanes of at least 4 members (excludes halogenated alkanes) is 1. The Morgan fingerprint density at radius 2 is 1.33 bits per heavy atom. The fourth-order valence-electron chi connectivity index (χ4n) is 3.85. The maximum atomic E-state index is 13.5. The van der Waals surface area contributed by atoms with Gasteiger partial charge in [0.1, 0.15) is 36.5 Å². The Kier molecular flexibility index (Phi) is 17.2. The fraction of sp³-hybridized carbons (Fsp3) is 0.519. The molecule has 0 aromatic heterocycles. The molecule has 0 aliphatic heterocycles. The van der Waals surface area contributed by atoms with Crippen LogP contribution in [0, 0.1) is 0 Å². The first-order valence-electron chi connectivity index (χ1n) is 14.1. The second-order valence-corrected chi connectivity index (χ2v) is 10.0. The van der Waals surface area contributed by atoms with Crippen molar-refractivity contribution in [1.29, 1.82) is 0 Å². The predicted molar refractivity (Wildman–Crippen MR) is 158 cm³/mol. The van der Waals surface area contributed by atoms with Gasteiger partial charge in [0.2, 0.25) is 35.4 Å². The highest BCUT2D eigenvalue weighted by Crippen LogP contribution is 2.12. The molecule has 18 heteroatoms. The van der Waals surface area contributed by atoms with Gasteiger partial charge in [0, 0.05) is 12.8 Å². The van der Waals surface area contributed by atoms with Gasteiger partial charge >= 0.3 is 5.97 Å². The molecule has 0 aliphatic rings. The summed E-state index contributed by atoms with van der Waals surface area (Å²) in [6.45, 7) is -1.66. The molecule has 1 aromatic carbocycles. The van der Waals surface area contributed by atoms with E-state index in [0.29, 0.717) is 24.9 Å². The number of aromatic hydroxyl groups is 1. The highest BCUT2D eigenvalue weighted by Gasteiger charge is 2.30. The van der Waals surface area contributed by atoms with E-state index >= 15 is 0 Å². The molecule has 0 spiro atoms. The number of nitrogens with two attached hydrogens (primary N) is 3. The van der Waals surface area contributed by atoms with Crippen LogP contribution in [0.5, 0.6) is 5.75 Å². The number of rotatable bonds is 21. The van der Waals surface area contributed by atoms with Crippen LogP contribution in [-0.4, -0.2) is 107 Å². The fourth-order valence-corrected chi connectivity index (χ4v) is 3.85. The summed E-state index contributed by atoms with van der Waals surface area (Å²) in [4.78, 5) is 86.1. The molecule has 1 rings (SSSR count). The van der Waals surface area contributed by atoms with Gasteiger partial charge in [0.05, 0.1) is 13.2 Å². The molecule has 0 bridgehead atoms. The van der Waals surface area contributed by atoms with Crippen molar-refractivity contribution in [2.24, 2.45) is 17.2 Å². The van der Waals surface area contributed by atoms with Gasteiger partial charge in [-0.25, -0.2) is 0 Å². The Morgan fingerprint density at radius 1 is 0.756 bits per heavy atom. The third kappa shape index (κ3) is 15.5. The Balaban J connectivity index is 3.21. The van der Waals surface area contributed by atoms with E-state index in [2.05, 4.69) is 26.6 Å². The van der Waals surface area contributed by atoms with Crippen LogP contribution in [0.4, 0.5) is 0 Å². The van der Waals surface area contributed by atoms with E-state index in [1.807, 2.05) is 0 Å². The third-order valence-corrected chi connectivity index (χ3v) is 6.29. The molecule has 0 saturated heterocycles. The number of hydrogen-bond donors (Lipinski definition) is 11. The lowest BCUT2D eigenvalue weighted by atomic mass is 10.0. The topological polar surface area (TPSA) is 318 Å². The summed E-state index contributed by atoms with van der Waals surface area (Å²) in [5.41, 5.74) is 16.6. The molecule has 0 radical (unpaired) electrons. The van der Waals surface area contributed by atoms with Crippen LogP contribution in [0.25, 0.3) is 0 Å². The summed E-state index contributed by atoms with van der Waals surface area (Å²) in [7, 11) is 0. The first-order valence-corrected chi connectivity index (χ1v) is 14.1. The SMILES string of the molecule is NCCCC[C@H](NC(=O)CNC(=O)[C@@H](N)CO)C(=O)N[C@@H](Cc1ccc(O)cc1)C(=O)N[C@@H](CCC(N)=O)C(=O)NCC(=O)O. The first-order chi connectivity index (χ1) is 21.3. The zero-order valence-electron chi connectivity index (χ0n) is 24.6. The van der Waals surface area contributed by atoms with Gasteiger partial charge < -0.3 is 59.1 Å². The molecule has 0 aliphatic carbocycles. The molecule has 0 fully saturated rings. The second-order valence-electron chi connectivity index (χ2n) is 10.0. The van der Waals surface area contributed by atoms with Gasteiger partial charge in [-0.1, -0.05) is 12.1 Å². The second kappa shape index (κ2) is 20.2. The Hall–Kier alpha value is -4.81. The van der Waals surface area contributed by atoms with Crippen LogP contribution in [0.3, 0.4) is 0 Å². The zero-order chi connectivity index (χ0) is 33.9. The number of aliphatic hydroxyl groups is 1. The Morgan fingerprint density at radius 3 is 1.91 bits per heavy atom. The van der Waals surface area contributed by atoms with E-state index in [4.69, 9.17) is 27.4 Å². The normalized spacial score (nSPS) is 13.3. The lowest BCUT2D eigenvalue weighted by Crippen LogP contribution is -2.58. The Bertz CT molecular complexity index is 1180. The summed E-state index contributed by atoms with van der Waals surface area (Å²) in [6, 6.07) is 0.505. The minimum Gasteiger partial charge on any atom is -0.508 e. The number of aliphatic carboxylic acids is 1. The van der Waals surface area contributed by atoms with Crippen LogP contribution in [0.1, 0.15) is 37.7 Å². The lowest BCUT2D eigenvalue weighted by molar-refractivity contribution is -0.138. The van der Waals surface area contributed by atoms with Crippen molar-refractivity contribution in [2.45, 2.75) is 62.7 Å². The largest absolute Gasteiger partial charge is 0.508 e. The van der Waals surface area contributed by atoms with Crippen molar-refractivity contribution >= 4 is 41.4 Å².